The highest BCUT2D eigenvalue weighted by Crippen LogP contribution is 2.23. The fourth-order valence-corrected chi connectivity index (χ4v) is 2.60. The molecule has 25 heavy (non-hydrogen) atoms. The Hall–Kier alpha value is -3.15. The molecule has 0 radical (unpaired) electrons. The van der Waals surface area contributed by atoms with Gasteiger partial charge in [0.1, 0.15) is 11.6 Å². The second-order valence-electron chi connectivity index (χ2n) is 5.94. The summed E-state index contributed by atoms with van der Waals surface area (Å²) in [5.74, 6) is 1.70. The number of rotatable bonds is 5. The van der Waals surface area contributed by atoms with Gasteiger partial charge in [-0.05, 0) is 29.8 Å². The average Bonchev–Trinajstić information content (AvgIpc) is 3.11. The maximum Gasteiger partial charge on any atom is 0.224 e. The molecule has 6 nitrogen and oxygen atoms in total. The molecule has 0 bridgehead atoms. The minimum Gasteiger partial charge on any atom is -0.363 e. The molecule has 1 aromatic carbocycles. The molecular formula is C19H21N5O. The van der Waals surface area contributed by atoms with Crippen molar-refractivity contribution in [1.82, 2.24) is 19.9 Å². The van der Waals surface area contributed by atoms with Crippen molar-refractivity contribution in [1.29, 1.82) is 0 Å². The quantitative estimate of drug-likeness (QED) is 0.777. The maximum absolute atomic E-state index is 11.6. The molecule has 6 heteroatoms. The molecule has 3 aromatic rings. The molecule has 2 heterocycles. The average molecular weight is 335 g/mol. The molecule has 0 unspecified atom stereocenters. The fraction of sp³-hybridized carbons (Fsp3) is 0.211. The Morgan fingerprint density at radius 1 is 1.20 bits per heavy atom. The van der Waals surface area contributed by atoms with E-state index in [9.17, 15) is 4.79 Å². The lowest BCUT2D eigenvalue weighted by atomic mass is 10.1. The topological polar surface area (TPSA) is 63.1 Å². The van der Waals surface area contributed by atoms with E-state index in [1.165, 1.54) is 0 Å². The first kappa shape index (κ1) is 16.7. The van der Waals surface area contributed by atoms with Gasteiger partial charge in [0.2, 0.25) is 5.91 Å². The molecule has 0 saturated heterocycles. The number of benzene rings is 1. The number of nitrogens with one attached hydrogen (secondary N) is 1. The summed E-state index contributed by atoms with van der Waals surface area (Å²) >= 11 is 0. The second-order valence-corrected chi connectivity index (χ2v) is 5.94. The van der Waals surface area contributed by atoms with Crippen LogP contribution in [0.2, 0.25) is 0 Å². The Balaban J connectivity index is 1.94. The van der Waals surface area contributed by atoms with E-state index in [4.69, 9.17) is 0 Å². The van der Waals surface area contributed by atoms with E-state index in [1.54, 1.807) is 13.2 Å². The van der Waals surface area contributed by atoms with Gasteiger partial charge in [-0.15, -0.1) is 0 Å². The van der Waals surface area contributed by atoms with Gasteiger partial charge in [0.25, 0.3) is 0 Å². The largest absolute Gasteiger partial charge is 0.363 e. The van der Waals surface area contributed by atoms with Gasteiger partial charge < -0.3 is 10.2 Å². The van der Waals surface area contributed by atoms with Crippen LogP contribution in [0.1, 0.15) is 5.56 Å². The van der Waals surface area contributed by atoms with Crippen molar-refractivity contribution >= 4 is 11.7 Å². The van der Waals surface area contributed by atoms with Gasteiger partial charge in [-0.2, -0.15) is 0 Å². The smallest absolute Gasteiger partial charge is 0.224 e. The van der Waals surface area contributed by atoms with E-state index in [2.05, 4.69) is 15.3 Å². The van der Waals surface area contributed by atoms with Gasteiger partial charge in [-0.1, -0.05) is 12.1 Å². The number of carbonyl (C=O) groups is 1. The van der Waals surface area contributed by atoms with E-state index in [-0.39, 0.29) is 5.91 Å². The molecule has 1 N–H and O–H groups in total. The van der Waals surface area contributed by atoms with Crippen LogP contribution in [-0.2, 0) is 11.2 Å². The lowest BCUT2D eigenvalue weighted by molar-refractivity contribution is -0.119. The summed E-state index contributed by atoms with van der Waals surface area (Å²) in [5, 5.41) is 2.65. The molecule has 0 spiro atoms. The minimum absolute atomic E-state index is 0.00789. The molecule has 0 fully saturated rings. The van der Waals surface area contributed by atoms with Crippen molar-refractivity contribution in [3.05, 3.63) is 60.6 Å². The molecule has 0 saturated carbocycles. The number of hydrogen-bond donors (Lipinski definition) is 1. The van der Waals surface area contributed by atoms with Gasteiger partial charge >= 0.3 is 0 Å². The van der Waals surface area contributed by atoms with Crippen LogP contribution in [0.5, 0.6) is 0 Å². The van der Waals surface area contributed by atoms with Crippen LogP contribution in [0.15, 0.2) is 55.0 Å². The molecule has 128 valence electrons. The number of amides is 1. The second kappa shape index (κ2) is 7.17. The maximum atomic E-state index is 11.6. The number of imidazole rings is 1. The van der Waals surface area contributed by atoms with E-state index in [0.29, 0.717) is 6.42 Å². The summed E-state index contributed by atoms with van der Waals surface area (Å²) < 4.78 is 2.00. The highest BCUT2D eigenvalue weighted by molar-refractivity contribution is 5.78. The number of pyridine rings is 1. The van der Waals surface area contributed by atoms with Crippen LogP contribution < -0.4 is 10.2 Å². The summed E-state index contributed by atoms with van der Waals surface area (Å²) in [6.07, 6.45) is 5.85. The summed E-state index contributed by atoms with van der Waals surface area (Å²) in [5.41, 5.74) is 2.86. The van der Waals surface area contributed by atoms with Crippen LogP contribution in [-0.4, -0.2) is 41.6 Å². The molecule has 0 aliphatic heterocycles. The van der Waals surface area contributed by atoms with Crippen LogP contribution >= 0.6 is 0 Å². The Bertz CT molecular complexity index is 868. The van der Waals surface area contributed by atoms with Crippen molar-refractivity contribution in [2.75, 3.05) is 26.0 Å². The number of carbonyl (C=O) groups excluding carboxylic acids is 1. The standard InChI is InChI=1S/C19H21N5O/c1-20-18(25)12-14-5-4-6-16(11-14)24-10-9-21-19(24)15-7-8-17(22-13-15)23(2)3/h4-11,13H,12H2,1-3H3,(H,20,25). The van der Waals surface area contributed by atoms with E-state index < -0.39 is 0 Å². The molecule has 0 atom stereocenters. The monoisotopic (exact) mass is 335 g/mol. The van der Waals surface area contributed by atoms with Crippen LogP contribution in [0.4, 0.5) is 5.82 Å². The normalized spacial score (nSPS) is 10.5. The SMILES string of the molecule is CNC(=O)Cc1cccc(-n2ccnc2-c2ccc(N(C)C)nc2)c1. The number of likely N-dealkylation sites (N-methyl/N-ethyl adjacent to an activating group) is 1. The first-order chi connectivity index (χ1) is 12.1. The summed E-state index contributed by atoms with van der Waals surface area (Å²) in [6.45, 7) is 0. The number of aromatic nitrogens is 3. The van der Waals surface area contributed by atoms with Crippen molar-refractivity contribution in [3.63, 3.8) is 0 Å². The lowest BCUT2D eigenvalue weighted by Crippen LogP contribution is -2.19. The van der Waals surface area contributed by atoms with E-state index in [1.807, 2.05) is 72.4 Å². The van der Waals surface area contributed by atoms with Gasteiger partial charge in [0.05, 0.1) is 6.42 Å². The summed E-state index contributed by atoms with van der Waals surface area (Å²) in [6, 6.07) is 11.9. The predicted octanol–water partition coefficient (Wildman–Crippen LogP) is 2.29. The summed E-state index contributed by atoms with van der Waals surface area (Å²) in [4.78, 5) is 22.5. The highest BCUT2D eigenvalue weighted by atomic mass is 16.1. The zero-order chi connectivity index (χ0) is 17.8. The molecule has 1 amide bonds. The third kappa shape index (κ3) is 3.68. The number of nitrogens with zero attached hydrogens (tertiary/aromatic N) is 4. The minimum atomic E-state index is -0.00789. The molecule has 2 aromatic heterocycles. The van der Waals surface area contributed by atoms with Crippen LogP contribution in [0.25, 0.3) is 17.1 Å². The zero-order valence-electron chi connectivity index (χ0n) is 14.6. The Morgan fingerprint density at radius 2 is 2.04 bits per heavy atom. The van der Waals surface area contributed by atoms with Crippen LogP contribution in [0.3, 0.4) is 0 Å². The molecule has 0 aliphatic carbocycles. The molecule has 3 rings (SSSR count). The van der Waals surface area contributed by atoms with Crippen LogP contribution in [0, 0.1) is 0 Å². The first-order valence-electron chi connectivity index (χ1n) is 8.05. The third-order valence-electron chi connectivity index (χ3n) is 3.94. The van der Waals surface area contributed by atoms with Crippen molar-refractivity contribution < 1.29 is 4.79 Å². The summed E-state index contributed by atoms with van der Waals surface area (Å²) in [7, 11) is 5.56. The first-order valence-corrected chi connectivity index (χ1v) is 8.05. The van der Waals surface area contributed by atoms with Gasteiger partial charge in [-0.25, -0.2) is 9.97 Å². The lowest BCUT2D eigenvalue weighted by Gasteiger charge is -2.12. The molecule has 0 aliphatic rings. The van der Waals surface area contributed by atoms with Gasteiger partial charge in [0.15, 0.2) is 0 Å². The van der Waals surface area contributed by atoms with E-state index >= 15 is 0 Å². The van der Waals surface area contributed by atoms with Crippen molar-refractivity contribution in [2.45, 2.75) is 6.42 Å². The number of anilines is 1. The van der Waals surface area contributed by atoms with Gasteiger partial charge in [0, 0.05) is 51.0 Å². The predicted molar refractivity (Wildman–Crippen MR) is 98.9 cm³/mol. The van der Waals surface area contributed by atoms with E-state index in [0.717, 1.165) is 28.5 Å². The van der Waals surface area contributed by atoms with Crippen molar-refractivity contribution in [3.8, 4) is 17.1 Å². The zero-order valence-corrected chi connectivity index (χ0v) is 14.6. The Labute approximate surface area is 147 Å². The van der Waals surface area contributed by atoms with Gasteiger partial charge in [-0.3, -0.25) is 9.36 Å². The Kier molecular flexibility index (Phi) is 4.79. The molecular weight excluding hydrogens is 314 g/mol. The van der Waals surface area contributed by atoms with Crippen molar-refractivity contribution in [2.24, 2.45) is 0 Å². The third-order valence-corrected chi connectivity index (χ3v) is 3.94. The fourth-order valence-electron chi connectivity index (χ4n) is 2.60. The number of hydrogen-bond acceptors (Lipinski definition) is 4. The Morgan fingerprint density at radius 3 is 2.72 bits per heavy atom. The highest BCUT2D eigenvalue weighted by Gasteiger charge is 2.10.